The first-order chi connectivity index (χ1) is 9.88. The molecule has 0 bridgehead atoms. The maximum Gasteiger partial charge on any atom is 0.322 e. The second-order valence-electron chi connectivity index (χ2n) is 4.51. The fourth-order valence-electron chi connectivity index (χ4n) is 1.77. The summed E-state index contributed by atoms with van der Waals surface area (Å²) < 4.78 is 32.9. The van der Waals surface area contributed by atoms with Crippen molar-refractivity contribution in [2.24, 2.45) is 0 Å². The van der Waals surface area contributed by atoms with Crippen molar-refractivity contribution in [1.29, 1.82) is 0 Å². The quantitative estimate of drug-likeness (QED) is 0.721. The molecule has 0 spiro atoms. The van der Waals surface area contributed by atoms with Crippen LogP contribution in [0, 0.1) is 0 Å². The van der Waals surface area contributed by atoms with Gasteiger partial charge in [0.1, 0.15) is 11.8 Å². The molecule has 0 aromatic heterocycles. The predicted octanol–water partition coefficient (Wildman–Crippen LogP) is 1.01. The van der Waals surface area contributed by atoms with Gasteiger partial charge in [0.05, 0.1) is 18.6 Å². The number of rotatable bonds is 8. The molecule has 118 valence electrons. The van der Waals surface area contributed by atoms with Gasteiger partial charge in [-0.2, -0.15) is 0 Å². The maximum absolute atomic E-state index is 11.5. The Morgan fingerprint density at radius 2 is 1.90 bits per heavy atom. The number of carbonyl (C=O) groups is 1. The lowest BCUT2D eigenvalue weighted by Gasteiger charge is -2.15. The summed E-state index contributed by atoms with van der Waals surface area (Å²) in [7, 11) is -1.86. The molecule has 1 aromatic carbocycles. The molecule has 0 fully saturated rings. The average Bonchev–Trinajstić information content (AvgIpc) is 2.45. The standard InChI is InChI=1S/C14H21NO5S/c1-4-15-13(14(16)19-2)9-10-20-11-5-7-12(8-6-11)21(3,17)18/h5-8,13,15H,4,9-10H2,1-3H3. The van der Waals surface area contributed by atoms with Crippen LogP contribution in [0.4, 0.5) is 0 Å². The largest absolute Gasteiger partial charge is 0.494 e. The second kappa shape index (κ2) is 7.99. The van der Waals surface area contributed by atoms with Gasteiger partial charge in [-0.25, -0.2) is 8.42 Å². The molecule has 7 heteroatoms. The van der Waals surface area contributed by atoms with Crippen molar-refractivity contribution in [2.75, 3.05) is 26.5 Å². The highest BCUT2D eigenvalue weighted by Gasteiger charge is 2.17. The summed E-state index contributed by atoms with van der Waals surface area (Å²) >= 11 is 0. The van der Waals surface area contributed by atoms with Crippen LogP contribution in [0.5, 0.6) is 5.75 Å². The number of hydrogen-bond donors (Lipinski definition) is 1. The summed E-state index contributed by atoms with van der Waals surface area (Å²) in [5, 5.41) is 3.01. The van der Waals surface area contributed by atoms with Crippen molar-refractivity contribution in [3.63, 3.8) is 0 Å². The van der Waals surface area contributed by atoms with E-state index in [1.807, 2.05) is 6.92 Å². The van der Waals surface area contributed by atoms with E-state index in [0.717, 1.165) is 6.26 Å². The van der Waals surface area contributed by atoms with E-state index in [-0.39, 0.29) is 10.9 Å². The van der Waals surface area contributed by atoms with Crippen LogP contribution < -0.4 is 10.1 Å². The van der Waals surface area contributed by atoms with Gasteiger partial charge in [-0.3, -0.25) is 4.79 Å². The lowest BCUT2D eigenvalue weighted by atomic mass is 10.2. The summed E-state index contributed by atoms with van der Waals surface area (Å²) in [5.74, 6) is 0.232. The van der Waals surface area contributed by atoms with Gasteiger partial charge in [0.25, 0.3) is 0 Å². The molecule has 0 amide bonds. The Morgan fingerprint density at radius 3 is 2.38 bits per heavy atom. The Labute approximate surface area is 125 Å². The van der Waals surface area contributed by atoms with E-state index in [0.29, 0.717) is 25.3 Å². The molecular formula is C14H21NO5S. The molecule has 1 rings (SSSR count). The summed E-state index contributed by atoms with van der Waals surface area (Å²) in [4.78, 5) is 11.7. The van der Waals surface area contributed by atoms with Crippen molar-refractivity contribution in [3.05, 3.63) is 24.3 Å². The van der Waals surface area contributed by atoms with Gasteiger partial charge in [-0.1, -0.05) is 6.92 Å². The molecule has 0 aliphatic heterocycles. The SMILES string of the molecule is CCNC(CCOc1ccc(S(C)(=O)=O)cc1)C(=O)OC. The average molecular weight is 315 g/mol. The maximum atomic E-state index is 11.5. The number of likely N-dealkylation sites (N-methyl/N-ethyl adjacent to an activating group) is 1. The molecule has 0 saturated heterocycles. The normalized spacial score (nSPS) is 12.7. The molecular weight excluding hydrogens is 294 g/mol. The number of esters is 1. The zero-order valence-electron chi connectivity index (χ0n) is 12.5. The van der Waals surface area contributed by atoms with E-state index in [4.69, 9.17) is 9.47 Å². The van der Waals surface area contributed by atoms with Crippen LogP contribution >= 0.6 is 0 Å². The first kappa shape index (κ1) is 17.5. The van der Waals surface area contributed by atoms with E-state index in [1.165, 1.54) is 19.2 Å². The third kappa shape index (κ3) is 5.73. The fraction of sp³-hybridized carbons (Fsp3) is 0.500. The summed E-state index contributed by atoms with van der Waals surface area (Å²) in [6.07, 6.45) is 1.62. The minimum absolute atomic E-state index is 0.245. The first-order valence-corrected chi connectivity index (χ1v) is 8.51. The van der Waals surface area contributed by atoms with Crippen molar-refractivity contribution < 1.29 is 22.7 Å². The summed E-state index contributed by atoms with van der Waals surface area (Å²) in [5.41, 5.74) is 0. The van der Waals surface area contributed by atoms with Crippen LogP contribution in [0.25, 0.3) is 0 Å². The number of benzene rings is 1. The van der Waals surface area contributed by atoms with Crippen LogP contribution in [0.15, 0.2) is 29.2 Å². The van der Waals surface area contributed by atoms with E-state index in [2.05, 4.69) is 5.32 Å². The molecule has 6 nitrogen and oxygen atoms in total. The number of sulfone groups is 1. The highest BCUT2D eigenvalue weighted by Crippen LogP contribution is 2.16. The topological polar surface area (TPSA) is 81.7 Å². The van der Waals surface area contributed by atoms with E-state index in [1.54, 1.807) is 12.1 Å². The number of hydrogen-bond acceptors (Lipinski definition) is 6. The summed E-state index contributed by atoms with van der Waals surface area (Å²) in [6.45, 7) is 2.88. The number of nitrogens with one attached hydrogen (secondary N) is 1. The minimum atomic E-state index is -3.20. The molecule has 1 unspecified atom stereocenters. The van der Waals surface area contributed by atoms with E-state index in [9.17, 15) is 13.2 Å². The predicted molar refractivity (Wildman–Crippen MR) is 79.1 cm³/mol. The lowest BCUT2D eigenvalue weighted by Crippen LogP contribution is -2.38. The van der Waals surface area contributed by atoms with Crippen molar-refractivity contribution >= 4 is 15.8 Å². The molecule has 0 radical (unpaired) electrons. The fourth-order valence-corrected chi connectivity index (χ4v) is 2.40. The molecule has 0 aliphatic carbocycles. The number of methoxy groups -OCH3 is 1. The second-order valence-corrected chi connectivity index (χ2v) is 6.53. The Balaban J connectivity index is 2.53. The van der Waals surface area contributed by atoms with Gasteiger partial charge >= 0.3 is 5.97 Å². The highest BCUT2D eigenvalue weighted by atomic mass is 32.2. The first-order valence-electron chi connectivity index (χ1n) is 6.62. The Morgan fingerprint density at radius 1 is 1.29 bits per heavy atom. The van der Waals surface area contributed by atoms with Crippen LogP contribution in [0.1, 0.15) is 13.3 Å². The van der Waals surface area contributed by atoms with Gasteiger partial charge in [-0.05, 0) is 30.8 Å². The Kier molecular flexibility index (Phi) is 6.64. The minimum Gasteiger partial charge on any atom is -0.494 e. The van der Waals surface area contributed by atoms with Gasteiger partial charge in [0.2, 0.25) is 0 Å². The molecule has 1 atom stereocenters. The zero-order valence-corrected chi connectivity index (χ0v) is 13.3. The molecule has 21 heavy (non-hydrogen) atoms. The Bertz CT molecular complexity index is 553. The smallest absolute Gasteiger partial charge is 0.322 e. The Hall–Kier alpha value is -1.60. The van der Waals surface area contributed by atoms with Gasteiger partial charge in [-0.15, -0.1) is 0 Å². The number of carbonyl (C=O) groups excluding carboxylic acids is 1. The molecule has 0 saturated carbocycles. The van der Waals surface area contributed by atoms with Crippen LogP contribution in [0.3, 0.4) is 0 Å². The zero-order chi connectivity index (χ0) is 15.9. The van der Waals surface area contributed by atoms with Gasteiger partial charge in [0, 0.05) is 12.7 Å². The number of ether oxygens (including phenoxy) is 2. The third-order valence-electron chi connectivity index (χ3n) is 2.86. The van der Waals surface area contributed by atoms with Crippen molar-refractivity contribution in [1.82, 2.24) is 5.32 Å². The van der Waals surface area contributed by atoms with Gasteiger partial charge < -0.3 is 14.8 Å². The van der Waals surface area contributed by atoms with Crippen LogP contribution in [0.2, 0.25) is 0 Å². The van der Waals surface area contributed by atoms with Crippen LogP contribution in [-0.4, -0.2) is 46.9 Å². The van der Waals surface area contributed by atoms with Crippen LogP contribution in [-0.2, 0) is 19.4 Å². The van der Waals surface area contributed by atoms with E-state index >= 15 is 0 Å². The van der Waals surface area contributed by atoms with Crippen molar-refractivity contribution in [3.8, 4) is 5.75 Å². The monoisotopic (exact) mass is 315 g/mol. The third-order valence-corrected chi connectivity index (χ3v) is 3.99. The molecule has 0 heterocycles. The van der Waals surface area contributed by atoms with Crippen molar-refractivity contribution in [2.45, 2.75) is 24.3 Å². The summed E-state index contributed by atoms with van der Waals surface area (Å²) in [6, 6.07) is 5.77. The molecule has 1 N–H and O–H groups in total. The van der Waals surface area contributed by atoms with Gasteiger partial charge in [0.15, 0.2) is 9.84 Å². The highest BCUT2D eigenvalue weighted by molar-refractivity contribution is 7.90. The molecule has 0 aliphatic rings. The van der Waals surface area contributed by atoms with E-state index < -0.39 is 15.9 Å². The molecule has 1 aromatic rings. The lowest BCUT2D eigenvalue weighted by molar-refractivity contribution is -0.143.